The highest BCUT2D eigenvalue weighted by molar-refractivity contribution is 7.56. The third-order valence-electron chi connectivity index (χ3n) is 5.50. The van der Waals surface area contributed by atoms with E-state index < -0.39 is 25.3 Å². The highest BCUT2D eigenvalue weighted by atomic mass is 31.2. The number of phenolic OH excluding ortho intramolecular Hbond substituents is 1. The van der Waals surface area contributed by atoms with E-state index in [-0.39, 0.29) is 30.0 Å². The van der Waals surface area contributed by atoms with Gasteiger partial charge in [-0.3, -0.25) is 9.36 Å². The van der Waals surface area contributed by atoms with Crippen LogP contribution < -0.4 is 5.32 Å². The Bertz CT molecular complexity index is 1070. The van der Waals surface area contributed by atoms with Crippen molar-refractivity contribution in [1.82, 2.24) is 5.32 Å². The minimum Gasteiger partial charge on any atom is -0.507 e. The lowest BCUT2D eigenvalue weighted by atomic mass is 9.93. The molecular weight excluding hydrogens is 453 g/mol. The molecule has 0 spiro atoms. The molecule has 3 N–H and O–H groups in total. The van der Waals surface area contributed by atoms with Gasteiger partial charge >= 0.3 is 5.97 Å². The SMILES string of the molecule is CCOC(=O)[C@H](CC(C)C)NC(=O)c1cc(Cc2c(C)cc(CP(C)(=O)O)cc2C)ccc1O. The number of benzene rings is 2. The summed E-state index contributed by atoms with van der Waals surface area (Å²) in [4.78, 5) is 35.0. The van der Waals surface area contributed by atoms with E-state index in [1.54, 1.807) is 19.1 Å². The van der Waals surface area contributed by atoms with E-state index in [1.807, 2.05) is 39.8 Å². The van der Waals surface area contributed by atoms with Gasteiger partial charge in [0.1, 0.15) is 11.8 Å². The van der Waals surface area contributed by atoms with Crippen LogP contribution in [0.25, 0.3) is 0 Å². The molecule has 0 radical (unpaired) electrons. The predicted octanol–water partition coefficient (Wildman–Crippen LogP) is 4.71. The number of hydrogen-bond donors (Lipinski definition) is 3. The molecule has 0 aliphatic rings. The van der Waals surface area contributed by atoms with Gasteiger partial charge < -0.3 is 20.1 Å². The molecular formula is C26H36NO6P. The molecule has 0 aromatic heterocycles. The van der Waals surface area contributed by atoms with Crippen molar-refractivity contribution in [3.8, 4) is 5.75 Å². The molecule has 2 aromatic rings. The molecule has 2 atom stereocenters. The van der Waals surface area contributed by atoms with Crippen molar-refractivity contribution < 1.29 is 28.9 Å². The molecule has 7 nitrogen and oxygen atoms in total. The number of aromatic hydroxyl groups is 1. The second kappa shape index (κ2) is 11.7. The number of nitrogens with one attached hydrogen (secondary N) is 1. The summed E-state index contributed by atoms with van der Waals surface area (Å²) in [5.41, 5.74) is 4.75. The molecule has 1 amide bonds. The van der Waals surface area contributed by atoms with Crippen molar-refractivity contribution >= 4 is 19.2 Å². The van der Waals surface area contributed by atoms with Crippen LogP contribution in [0.2, 0.25) is 0 Å². The quantitative estimate of drug-likeness (QED) is 0.329. The highest BCUT2D eigenvalue weighted by Gasteiger charge is 2.25. The van der Waals surface area contributed by atoms with Crippen LogP contribution in [0.1, 0.15) is 65.4 Å². The van der Waals surface area contributed by atoms with E-state index in [0.717, 1.165) is 27.8 Å². The molecule has 0 bridgehead atoms. The maximum absolute atomic E-state index is 13.0. The third kappa shape index (κ3) is 8.00. The molecule has 1 unspecified atom stereocenters. The highest BCUT2D eigenvalue weighted by Crippen LogP contribution is 2.40. The fourth-order valence-corrected chi connectivity index (χ4v) is 4.90. The molecule has 2 aromatic carbocycles. The van der Waals surface area contributed by atoms with Crippen LogP contribution in [0, 0.1) is 19.8 Å². The van der Waals surface area contributed by atoms with E-state index >= 15 is 0 Å². The number of carbonyl (C=O) groups excluding carboxylic acids is 2. The van der Waals surface area contributed by atoms with Gasteiger partial charge in [-0.1, -0.05) is 32.0 Å². The van der Waals surface area contributed by atoms with Crippen LogP contribution in [-0.2, 0) is 26.7 Å². The number of ether oxygens (including phenoxy) is 1. The Hall–Kier alpha value is -2.63. The Balaban J connectivity index is 2.28. The van der Waals surface area contributed by atoms with Gasteiger partial charge in [0.25, 0.3) is 5.91 Å². The standard InChI is InChI=1S/C26H36NO6P/c1-7-33-26(30)23(10-16(2)3)27-25(29)22-14-19(8-9-24(22)28)13-21-17(4)11-20(12-18(21)5)15-34(6,31)32/h8-9,11-12,14,16,23,28H,7,10,13,15H2,1-6H3,(H,27,29)(H,31,32)/t23-/m0/s1. The lowest BCUT2D eigenvalue weighted by molar-refractivity contribution is -0.145. The zero-order valence-corrected chi connectivity index (χ0v) is 21.7. The molecule has 0 heterocycles. The Labute approximate surface area is 202 Å². The Morgan fingerprint density at radius 2 is 1.71 bits per heavy atom. The lowest BCUT2D eigenvalue weighted by Gasteiger charge is -2.19. The molecule has 0 aliphatic heterocycles. The smallest absolute Gasteiger partial charge is 0.328 e. The van der Waals surface area contributed by atoms with Crippen molar-refractivity contribution in [2.45, 2.75) is 59.7 Å². The van der Waals surface area contributed by atoms with E-state index in [9.17, 15) is 24.2 Å². The van der Waals surface area contributed by atoms with E-state index in [2.05, 4.69) is 5.32 Å². The first-order valence-corrected chi connectivity index (χ1v) is 13.8. The molecule has 0 aliphatic carbocycles. The molecule has 186 valence electrons. The fourth-order valence-electron chi connectivity index (χ4n) is 4.04. The molecule has 0 saturated heterocycles. The van der Waals surface area contributed by atoms with Gasteiger partial charge in [-0.2, -0.15) is 0 Å². The van der Waals surface area contributed by atoms with E-state index in [1.165, 1.54) is 12.7 Å². The first kappa shape index (κ1) is 27.6. The lowest BCUT2D eigenvalue weighted by Crippen LogP contribution is -2.42. The summed E-state index contributed by atoms with van der Waals surface area (Å²) in [5.74, 6) is -1.04. The maximum atomic E-state index is 13.0. The predicted molar refractivity (Wildman–Crippen MR) is 134 cm³/mol. The molecule has 34 heavy (non-hydrogen) atoms. The van der Waals surface area contributed by atoms with Crippen molar-refractivity contribution in [3.63, 3.8) is 0 Å². The monoisotopic (exact) mass is 489 g/mol. The van der Waals surface area contributed by atoms with Crippen molar-refractivity contribution in [3.05, 3.63) is 63.7 Å². The number of rotatable bonds is 10. The number of aryl methyl sites for hydroxylation is 2. The zero-order valence-electron chi connectivity index (χ0n) is 20.8. The largest absolute Gasteiger partial charge is 0.507 e. The number of esters is 1. The van der Waals surface area contributed by atoms with Crippen molar-refractivity contribution in [2.75, 3.05) is 13.3 Å². The Morgan fingerprint density at radius 3 is 2.24 bits per heavy atom. The third-order valence-corrected chi connectivity index (χ3v) is 6.45. The van der Waals surface area contributed by atoms with E-state index in [0.29, 0.717) is 12.8 Å². The minimum atomic E-state index is -3.17. The van der Waals surface area contributed by atoms with Gasteiger partial charge in [-0.25, -0.2) is 4.79 Å². The summed E-state index contributed by atoms with van der Waals surface area (Å²) in [6, 6.07) is 7.89. The van der Waals surface area contributed by atoms with Gasteiger partial charge in [0.2, 0.25) is 7.37 Å². The zero-order chi connectivity index (χ0) is 25.6. The van der Waals surface area contributed by atoms with Gasteiger partial charge in [-0.15, -0.1) is 0 Å². The van der Waals surface area contributed by atoms with Gasteiger partial charge in [0.15, 0.2) is 0 Å². The summed E-state index contributed by atoms with van der Waals surface area (Å²) in [6.45, 7) is 11.1. The number of carbonyl (C=O) groups is 2. The van der Waals surface area contributed by atoms with E-state index in [4.69, 9.17) is 4.74 Å². The van der Waals surface area contributed by atoms with Crippen LogP contribution in [0.5, 0.6) is 5.75 Å². The minimum absolute atomic E-state index is 0.0923. The molecule has 8 heteroatoms. The summed E-state index contributed by atoms with van der Waals surface area (Å²) in [7, 11) is -3.17. The van der Waals surface area contributed by atoms with Crippen LogP contribution in [0.15, 0.2) is 30.3 Å². The van der Waals surface area contributed by atoms with Crippen molar-refractivity contribution in [1.29, 1.82) is 0 Å². The number of amides is 1. The fraction of sp³-hybridized carbons (Fsp3) is 0.462. The summed E-state index contributed by atoms with van der Waals surface area (Å²) >= 11 is 0. The summed E-state index contributed by atoms with van der Waals surface area (Å²) in [5, 5.41) is 13.0. The van der Waals surface area contributed by atoms with Crippen LogP contribution in [-0.4, -0.2) is 41.2 Å². The summed E-state index contributed by atoms with van der Waals surface area (Å²) in [6.07, 6.45) is 1.07. The van der Waals surface area contributed by atoms with Crippen LogP contribution in [0.3, 0.4) is 0 Å². The number of hydrogen-bond acceptors (Lipinski definition) is 5. The topological polar surface area (TPSA) is 113 Å². The molecule has 0 saturated carbocycles. The average molecular weight is 490 g/mol. The Morgan fingerprint density at radius 1 is 1.09 bits per heavy atom. The second-order valence-electron chi connectivity index (χ2n) is 9.35. The number of phenols is 1. The first-order chi connectivity index (χ1) is 15.8. The van der Waals surface area contributed by atoms with Crippen LogP contribution in [0.4, 0.5) is 0 Å². The normalized spacial score (nSPS) is 13.9. The Kier molecular flexibility index (Phi) is 9.48. The second-order valence-corrected chi connectivity index (χ2v) is 11.8. The van der Waals surface area contributed by atoms with Gasteiger partial charge in [-0.05, 0) is 79.5 Å². The maximum Gasteiger partial charge on any atom is 0.328 e. The molecule has 0 fully saturated rings. The summed E-state index contributed by atoms with van der Waals surface area (Å²) < 4.78 is 16.9. The van der Waals surface area contributed by atoms with Crippen molar-refractivity contribution in [2.24, 2.45) is 5.92 Å². The van der Waals surface area contributed by atoms with Gasteiger partial charge in [0.05, 0.1) is 12.2 Å². The first-order valence-electron chi connectivity index (χ1n) is 11.5. The van der Waals surface area contributed by atoms with Crippen LogP contribution >= 0.6 is 7.37 Å². The molecule has 2 rings (SSSR count). The van der Waals surface area contributed by atoms with Gasteiger partial charge in [0, 0.05) is 12.8 Å². The average Bonchev–Trinajstić information content (AvgIpc) is 2.70.